The molecule has 0 spiro atoms. The molecule has 0 aliphatic rings. The first-order valence-electron chi connectivity index (χ1n) is 22.7. The Labute approximate surface area is 460 Å². The van der Waals surface area contributed by atoms with Crippen LogP contribution in [-0.4, -0.2) is 0 Å². The number of hydrogen-bond donors (Lipinski definition) is 0. The van der Waals surface area contributed by atoms with Gasteiger partial charge in [0.15, 0.2) is 0 Å². The maximum absolute atomic E-state index is 2.31. The summed E-state index contributed by atoms with van der Waals surface area (Å²) in [5.41, 5.74) is 10.7. The first-order chi connectivity index (χ1) is 32.3. The molecule has 70 heavy (non-hydrogen) atoms. The van der Waals surface area contributed by atoms with Crippen LogP contribution in [0, 0.1) is 27.7 Å². The molecule has 0 amide bonds. The van der Waals surface area contributed by atoms with E-state index in [4.69, 9.17) is 0 Å². The number of hydrogen-bond acceptors (Lipinski definition) is 0. The predicted octanol–water partition coefficient (Wildman–Crippen LogP) is 10.1. The molecule has 0 aliphatic heterocycles. The Balaban J connectivity index is 0.000000171. The van der Waals surface area contributed by atoms with Crippen molar-refractivity contribution in [3.05, 3.63) is 265 Å². The summed E-state index contributed by atoms with van der Waals surface area (Å²) in [7, 11) is 1.52. The van der Waals surface area contributed by atoms with E-state index in [0.717, 1.165) is 17.2 Å². The molecular formula is C64H54Cl2P2Ti2-2. The Kier molecular flexibility index (Phi) is 21.6. The molecule has 344 valence electrons. The SMILES string of the molecule is Cc1cc2c(-c3ccccc3)cccc2[cH-]1.Cc1cc2c(-c3ccccc3)cccc2[cH-]1.Cc1ccccc1Pc1cc2ccccc2[cH-]1.Cc1ccccc1Pc1cc2ccccc2[cH-]1.[Cl-].[Cl-].[Ti+2].[Ti+2]. The van der Waals surface area contributed by atoms with Crippen molar-refractivity contribution >= 4 is 81.5 Å². The molecule has 2 atom stereocenters. The minimum absolute atomic E-state index is 0. The van der Waals surface area contributed by atoms with Crippen LogP contribution in [0.3, 0.4) is 0 Å². The molecule has 2 unspecified atom stereocenters. The van der Waals surface area contributed by atoms with Crippen molar-refractivity contribution in [3.8, 4) is 22.3 Å². The second-order valence-corrected chi connectivity index (χ2v) is 19.8. The molecule has 0 saturated carbocycles. The quantitative estimate of drug-likeness (QED) is 0.0885. The van der Waals surface area contributed by atoms with E-state index in [9.17, 15) is 0 Å². The summed E-state index contributed by atoms with van der Waals surface area (Å²) >= 11 is 0. The van der Waals surface area contributed by atoms with Crippen molar-refractivity contribution in [3.63, 3.8) is 0 Å². The van der Waals surface area contributed by atoms with E-state index in [1.165, 1.54) is 109 Å². The Bertz CT molecular complexity index is 3190. The van der Waals surface area contributed by atoms with Gasteiger partial charge in [-0.15, -0.1) is 150 Å². The van der Waals surface area contributed by atoms with Gasteiger partial charge in [0, 0.05) is 0 Å². The van der Waals surface area contributed by atoms with Gasteiger partial charge in [-0.1, -0.05) is 176 Å². The van der Waals surface area contributed by atoms with Gasteiger partial charge in [-0.05, 0) is 46.7 Å². The van der Waals surface area contributed by atoms with Gasteiger partial charge in [0.25, 0.3) is 0 Å². The molecule has 6 heteroatoms. The van der Waals surface area contributed by atoms with Crippen molar-refractivity contribution in [2.45, 2.75) is 27.7 Å². The fourth-order valence-corrected chi connectivity index (χ4v) is 11.1. The molecule has 12 aromatic carbocycles. The second-order valence-electron chi connectivity index (χ2n) is 17.0. The first-order valence-corrected chi connectivity index (χ1v) is 24.7. The van der Waals surface area contributed by atoms with E-state index in [1.807, 2.05) is 0 Å². The number of halogens is 2. The van der Waals surface area contributed by atoms with E-state index in [-0.39, 0.29) is 68.2 Å². The maximum atomic E-state index is 2.31. The standard InChI is InChI=1S/2C16H14P.2C16H13.2ClH.2Ti/c2*1-12-6-2-5-9-16(12)17-15-10-13-7-3-4-8-14(13)11-15;2*1-12-10-14-8-5-9-15(16(14)11-12)13-6-3-2-4-7-13;;;;/h2*2-11,17H,1H3;2*2-11H,1H3;2*1H;;/q4*-1;;;2*+2/p-2. The Morgan fingerprint density at radius 2 is 0.657 bits per heavy atom. The van der Waals surface area contributed by atoms with Crippen LogP contribution in [0.15, 0.2) is 243 Å². The van der Waals surface area contributed by atoms with Crippen LogP contribution in [0.25, 0.3) is 65.3 Å². The molecule has 0 radical (unpaired) electrons. The third kappa shape index (κ3) is 14.1. The predicted molar refractivity (Wildman–Crippen MR) is 296 cm³/mol. The fourth-order valence-electron chi connectivity index (χ4n) is 8.69. The van der Waals surface area contributed by atoms with Gasteiger partial charge in [-0.3, -0.25) is 0 Å². The topological polar surface area (TPSA) is 0 Å². The average molecular weight is 1050 g/mol. The molecule has 0 fully saturated rings. The van der Waals surface area contributed by atoms with Crippen molar-refractivity contribution in [1.82, 2.24) is 0 Å². The van der Waals surface area contributed by atoms with E-state index in [1.54, 1.807) is 0 Å². The number of fused-ring (bicyclic) bond motifs is 4. The van der Waals surface area contributed by atoms with Crippen LogP contribution in [0.2, 0.25) is 0 Å². The zero-order valence-electron chi connectivity index (χ0n) is 39.8. The van der Waals surface area contributed by atoms with Gasteiger partial charge in [0.2, 0.25) is 0 Å². The Morgan fingerprint density at radius 3 is 1.04 bits per heavy atom. The molecule has 0 bridgehead atoms. The van der Waals surface area contributed by atoms with Crippen LogP contribution >= 0.6 is 17.2 Å². The minimum atomic E-state index is 0. The summed E-state index contributed by atoms with van der Waals surface area (Å²) in [6.07, 6.45) is 0. The van der Waals surface area contributed by atoms with Gasteiger partial charge < -0.3 is 24.8 Å². The van der Waals surface area contributed by atoms with Gasteiger partial charge in [0.1, 0.15) is 0 Å². The maximum Gasteiger partial charge on any atom is 2.00 e. The monoisotopic (exact) mass is 1050 g/mol. The first kappa shape index (κ1) is 56.0. The fraction of sp³-hybridized carbons (Fsp3) is 0.0625. The Hall–Kier alpha value is -4.93. The van der Waals surface area contributed by atoms with Crippen molar-refractivity contribution in [2.24, 2.45) is 0 Å². The second kappa shape index (κ2) is 27.0. The molecule has 12 aromatic rings. The van der Waals surface area contributed by atoms with Gasteiger partial charge in [-0.25, -0.2) is 0 Å². The summed E-state index contributed by atoms with van der Waals surface area (Å²) < 4.78 is 0. The number of rotatable bonds is 6. The summed E-state index contributed by atoms with van der Waals surface area (Å²) in [6, 6.07) is 86.7. The van der Waals surface area contributed by atoms with E-state index >= 15 is 0 Å². The van der Waals surface area contributed by atoms with Crippen molar-refractivity contribution in [2.75, 3.05) is 0 Å². The van der Waals surface area contributed by atoms with Gasteiger partial charge >= 0.3 is 43.4 Å². The van der Waals surface area contributed by atoms with E-state index in [0.29, 0.717) is 0 Å². The molecule has 0 heterocycles. The summed E-state index contributed by atoms with van der Waals surface area (Å²) in [4.78, 5) is 0. The Morgan fingerprint density at radius 1 is 0.314 bits per heavy atom. The van der Waals surface area contributed by atoms with Crippen LogP contribution < -0.4 is 46.0 Å². The molecule has 0 aromatic heterocycles. The molecule has 0 saturated heterocycles. The minimum Gasteiger partial charge on any atom is -1.00 e. The number of aryl methyl sites for hydroxylation is 4. The van der Waals surface area contributed by atoms with Crippen molar-refractivity contribution in [1.29, 1.82) is 0 Å². The summed E-state index contributed by atoms with van der Waals surface area (Å²) in [5.74, 6) is 0. The molecule has 0 N–H and O–H groups in total. The third-order valence-electron chi connectivity index (χ3n) is 12.0. The zero-order chi connectivity index (χ0) is 45.2. The average Bonchev–Trinajstić information content (AvgIpc) is 4.15. The largest absolute Gasteiger partial charge is 2.00 e. The van der Waals surface area contributed by atoms with Gasteiger partial charge in [0.05, 0.1) is 0 Å². The number of benzene rings is 8. The van der Waals surface area contributed by atoms with Crippen LogP contribution in [0.1, 0.15) is 22.3 Å². The normalized spacial score (nSPS) is 10.6. The van der Waals surface area contributed by atoms with Crippen molar-refractivity contribution < 1.29 is 68.2 Å². The van der Waals surface area contributed by atoms with Crippen LogP contribution in [-0.2, 0) is 43.4 Å². The molecule has 12 rings (SSSR count). The third-order valence-corrected chi connectivity index (χ3v) is 14.9. The van der Waals surface area contributed by atoms with Gasteiger partial charge in [-0.2, -0.15) is 24.3 Å². The molecule has 0 aliphatic carbocycles. The van der Waals surface area contributed by atoms with E-state index in [2.05, 4.69) is 270 Å². The smallest absolute Gasteiger partial charge is 1.00 e. The molecular weight excluding hydrogens is 997 g/mol. The van der Waals surface area contributed by atoms with E-state index < -0.39 is 0 Å². The summed E-state index contributed by atoms with van der Waals surface area (Å²) in [6.45, 7) is 8.67. The van der Waals surface area contributed by atoms with Crippen LogP contribution in [0.4, 0.5) is 0 Å². The zero-order valence-corrected chi connectivity index (χ0v) is 46.5. The molecule has 0 nitrogen and oxygen atoms in total. The van der Waals surface area contributed by atoms with Crippen LogP contribution in [0.5, 0.6) is 0 Å². The summed E-state index contributed by atoms with van der Waals surface area (Å²) in [5, 5.41) is 16.5.